The van der Waals surface area contributed by atoms with Crippen LogP contribution >= 0.6 is 0 Å². The Balaban J connectivity index is 1.88. The maximum absolute atomic E-state index is 11.3. The van der Waals surface area contributed by atoms with Crippen molar-refractivity contribution in [1.29, 1.82) is 0 Å². The molecular formula is C18H17NO2. The van der Waals surface area contributed by atoms with Gasteiger partial charge in [-0.15, -0.1) is 0 Å². The van der Waals surface area contributed by atoms with Crippen LogP contribution in [0.3, 0.4) is 0 Å². The van der Waals surface area contributed by atoms with E-state index in [0.29, 0.717) is 0 Å². The van der Waals surface area contributed by atoms with Gasteiger partial charge < -0.3 is 10.1 Å². The molecule has 0 atom stereocenters. The molecule has 0 radical (unpaired) electrons. The van der Waals surface area contributed by atoms with Crippen LogP contribution in [0.15, 0.2) is 36.4 Å². The van der Waals surface area contributed by atoms with E-state index in [1.165, 1.54) is 16.7 Å². The number of carbonyl (C=O) groups excluding carboxylic acids is 1. The highest BCUT2D eigenvalue weighted by atomic mass is 16.5. The van der Waals surface area contributed by atoms with E-state index >= 15 is 0 Å². The molecule has 0 saturated heterocycles. The second-order valence-electron chi connectivity index (χ2n) is 5.21. The number of anilines is 1. The second kappa shape index (κ2) is 5.44. The second-order valence-corrected chi connectivity index (χ2v) is 5.21. The summed E-state index contributed by atoms with van der Waals surface area (Å²) in [5.41, 5.74) is 5.52. The van der Waals surface area contributed by atoms with Gasteiger partial charge in [0.2, 0.25) is 0 Å². The normalized spacial score (nSPS) is 13.7. The van der Waals surface area contributed by atoms with Crippen molar-refractivity contribution in [2.24, 2.45) is 0 Å². The van der Waals surface area contributed by atoms with Crippen LogP contribution in [0.5, 0.6) is 5.75 Å². The van der Waals surface area contributed by atoms with Crippen molar-refractivity contribution in [3.63, 3.8) is 0 Å². The van der Waals surface area contributed by atoms with E-state index < -0.39 is 0 Å². The predicted molar refractivity (Wildman–Crippen MR) is 85.4 cm³/mol. The Morgan fingerprint density at radius 3 is 2.86 bits per heavy atom. The van der Waals surface area contributed by atoms with Crippen LogP contribution in [-0.4, -0.2) is 12.5 Å². The number of ether oxygens (including phenoxy) is 1. The molecule has 0 fully saturated rings. The van der Waals surface area contributed by atoms with Crippen LogP contribution in [0.1, 0.15) is 22.3 Å². The van der Waals surface area contributed by atoms with Crippen molar-refractivity contribution in [3.05, 3.63) is 58.7 Å². The largest absolute Gasteiger partial charge is 0.482 e. The molecule has 3 nitrogen and oxygen atoms in total. The van der Waals surface area contributed by atoms with Crippen molar-refractivity contribution < 1.29 is 9.53 Å². The van der Waals surface area contributed by atoms with Crippen LogP contribution in [0.4, 0.5) is 5.69 Å². The number of rotatable bonds is 2. The summed E-state index contributed by atoms with van der Waals surface area (Å²) < 4.78 is 5.35. The van der Waals surface area contributed by atoms with Gasteiger partial charge in [-0.1, -0.05) is 36.4 Å². The highest BCUT2D eigenvalue weighted by Crippen LogP contribution is 2.29. The summed E-state index contributed by atoms with van der Waals surface area (Å²) in [5.74, 6) is 0.608. The van der Waals surface area contributed by atoms with Gasteiger partial charge in [0.1, 0.15) is 5.75 Å². The number of amides is 1. The van der Waals surface area contributed by atoms with Gasteiger partial charge in [0, 0.05) is 0 Å². The van der Waals surface area contributed by atoms with Gasteiger partial charge in [0.25, 0.3) is 5.91 Å². The van der Waals surface area contributed by atoms with Gasteiger partial charge >= 0.3 is 0 Å². The standard InChI is InChI=1S/C18H17NO2/c1-12-4-3-5-15(13(12)2)8-6-14-7-9-17-16(10-14)19-18(20)11-21-17/h3-10H,11H2,1-2H3,(H,19,20)/b8-6+. The fourth-order valence-electron chi connectivity index (χ4n) is 2.34. The fourth-order valence-corrected chi connectivity index (χ4v) is 2.34. The molecule has 2 aromatic carbocycles. The number of benzene rings is 2. The van der Waals surface area contributed by atoms with Crippen molar-refractivity contribution >= 4 is 23.7 Å². The molecule has 106 valence electrons. The van der Waals surface area contributed by atoms with Gasteiger partial charge in [-0.3, -0.25) is 4.79 Å². The molecule has 0 aromatic heterocycles. The molecule has 1 amide bonds. The molecule has 1 heterocycles. The van der Waals surface area contributed by atoms with Crippen molar-refractivity contribution in [2.45, 2.75) is 13.8 Å². The van der Waals surface area contributed by atoms with E-state index in [1.807, 2.05) is 24.3 Å². The summed E-state index contributed by atoms with van der Waals surface area (Å²) in [4.78, 5) is 11.3. The molecule has 21 heavy (non-hydrogen) atoms. The van der Waals surface area contributed by atoms with Crippen LogP contribution in [0, 0.1) is 13.8 Å². The Bertz CT molecular complexity index is 732. The first-order chi connectivity index (χ1) is 10.1. The van der Waals surface area contributed by atoms with Gasteiger partial charge in [0.15, 0.2) is 6.61 Å². The summed E-state index contributed by atoms with van der Waals surface area (Å²) >= 11 is 0. The third-order valence-electron chi connectivity index (χ3n) is 3.74. The van der Waals surface area contributed by atoms with Crippen molar-refractivity contribution in [3.8, 4) is 5.75 Å². The van der Waals surface area contributed by atoms with Gasteiger partial charge in [-0.2, -0.15) is 0 Å². The highest BCUT2D eigenvalue weighted by molar-refractivity contribution is 5.95. The summed E-state index contributed by atoms with van der Waals surface area (Å²) in [6.45, 7) is 4.32. The molecule has 1 N–H and O–H groups in total. The van der Waals surface area contributed by atoms with Crippen LogP contribution in [-0.2, 0) is 4.79 Å². The minimum absolute atomic E-state index is 0.0880. The molecule has 0 spiro atoms. The Kier molecular flexibility index (Phi) is 3.48. The molecule has 1 aliphatic rings. The molecule has 3 heteroatoms. The molecule has 0 aliphatic carbocycles. The van der Waals surface area contributed by atoms with Crippen molar-refractivity contribution in [2.75, 3.05) is 11.9 Å². The lowest BCUT2D eigenvalue weighted by molar-refractivity contribution is -0.118. The van der Waals surface area contributed by atoms with Crippen LogP contribution < -0.4 is 10.1 Å². The summed E-state index contributed by atoms with van der Waals surface area (Å²) in [5, 5.41) is 2.82. The lowest BCUT2D eigenvalue weighted by Crippen LogP contribution is -2.25. The number of fused-ring (bicyclic) bond motifs is 1. The maximum Gasteiger partial charge on any atom is 0.262 e. The Morgan fingerprint density at radius 1 is 1.14 bits per heavy atom. The van der Waals surface area contributed by atoms with E-state index in [4.69, 9.17) is 4.74 Å². The molecular weight excluding hydrogens is 262 g/mol. The van der Waals surface area contributed by atoms with Gasteiger partial charge in [-0.25, -0.2) is 0 Å². The first-order valence-electron chi connectivity index (χ1n) is 6.94. The average Bonchev–Trinajstić information content (AvgIpc) is 2.48. The lowest BCUT2D eigenvalue weighted by atomic mass is 10.0. The highest BCUT2D eigenvalue weighted by Gasteiger charge is 2.15. The Labute approximate surface area is 124 Å². The number of hydrogen-bond donors (Lipinski definition) is 1. The monoisotopic (exact) mass is 279 g/mol. The topological polar surface area (TPSA) is 38.3 Å². The maximum atomic E-state index is 11.3. The summed E-state index contributed by atoms with van der Waals surface area (Å²) in [6, 6.07) is 12.1. The minimum atomic E-state index is -0.113. The van der Waals surface area contributed by atoms with E-state index in [9.17, 15) is 4.79 Å². The number of hydrogen-bond acceptors (Lipinski definition) is 2. The third-order valence-corrected chi connectivity index (χ3v) is 3.74. The number of carbonyl (C=O) groups is 1. The van der Waals surface area contributed by atoms with E-state index in [-0.39, 0.29) is 12.5 Å². The zero-order chi connectivity index (χ0) is 14.8. The van der Waals surface area contributed by atoms with Gasteiger partial charge in [0.05, 0.1) is 5.69 Å². The van der Waals surface area contributed by atoms with E-state index in [2.05, 4.69) is 43.4 Å². The van der Waals surface area contributed by atoms with Gasteiger partial charge in [-0.05, 0) is 48.2 Å². The minimum Gasteiger partial charge on any atom is -0.482 e. The van der Waals surface area contributed by atoms with E-state index in [0.717, 1.165) is 17.0 Å². The van der Waals surface area contributed by atoms with Crippen LogP contribution in [0.25, 0.3) is 12.2 Å². The molecule has 0 saturated carbocycles. The summed E-state index contributed by atoms with van der Waals surface area (Å²) in [6.07, 6.45) is 4.14. The summed E-state index contributed by atoms with van der Waals surface area (Å²) in [7, 11) is 0. The fraction of sp³-hybridized carbons (Fsp3) is 0.167. The molecule has 0 bridgehead atoms. The third kappa shape index (κ3) is 2.82. The van der Waals surface area contributed by atoms with Crippen molar-refractivity contribution in [1.82, 2.24) is 0 Å². The van der Waals surface area contributed by atoms with Crippen LogP contribution in [0.2, 0.25) is 0 Å². The molecule has 2 aromatic rings. The zero-order valence-corrected chi connectivity index (χ0v) is 12.1. The quantitative estimate of drug-likeness (QED) is 0.849. The first-order valence-corrected chi connectivity index (χ1v) is 6.94. The predicted octanol–water partition coefficient (Wildman–Crippen LogP) is 3.80. The molecule has 3 rings (SSSR count). The Morgan fingerprint density at radius 2 is 2.00 bits per heavy atom. The number of aryl methyl sites for hydroxylation is 1. The number of nitrogens with one attached hydrogen (secondary N) is 1. The van der Waals surface area contributed by atoms with E-state index in [1.54, 1.807) is 0 Å². The first kappa shape index (κ1) is 13.4. The lowest BCUT2D eigenvalue weighted by Gasteiger charge is -2.17. The SMILES string of the molecule is Cc1cccc(/C=C/c2ccc3c(c2)NC(=O)CO3)c1C. The molecule has 1 aliphatic heterocycles. The average molecular weight is 279 g/mol. The Hall–Kier alpha value is -2.55. The zero-order valence-electron chi connectivity index (χ0n) is 12.1. The smallest absolute Gasteiger partial charge is 0.262 e. The molecule has 0 unspecified atom stereocenters.